The van der Waals surface area contributed by atoms with Gasteiger partial charge in [-0.15, -0.1) is 0 Å². The number of hydrogen-bond acceptors (Lipinski definition) is 5. The Morgan fingerprint density at radius 1 is 0.744 bits per heavy atom. The van der Waals surface area contributed by atoms with Crippen molar-refractivity contribution in [2.75, 3.05) is 40.4 Å². The zero-order chi connectivity index (χ0) is 30.1. The third-order valence-corrected chi connectivity index (χ3v) is 10.0. The molecule has 0 radical (unpaired) electrons. The van der Waals surface area contributed by atoms with E-state index in [4.69, 9.17) is 9.47 Å². The number of ether oxygens (including phenoxy) is 2. The van der Waals surface area contributed by atoms with E-state index in [1.807, 2.05) is 91.9 Å². The van der Waals surface area contributed by atoms with Crippen molar-refractivity contribution in [2.24, 2.45) is 0 Å². The van der Waals surface area contributed by atoms with Gasteiger partial charge in [0, 0.05) is 49.0 Å². The summed E-state index contributed by atoms with van der Waals surface area (Å²) in [6.07, 6.45) is 0. The van der Waals surface area contributed by atoms with E-state index in [-0.39, 0.29) is 19.0 Å². The Balaban J connectivity index is 1.30. The Hall–Kier alpha value is -4.60. The van der Waals surface area contributed by atoms with E-state index < -0.39 is 10.0 Å². The van der Waals surface area contributed by atoms with Crippen LogP contribution in [0.4, 0.5) is 0 Å². The van der Waals surface area contributed by atoms with E-state index in [0.29, 0.717) is 34.7 Å². The quantitative estimate of drug-likeness (QED) is 0.239. The third-order valence-electron chi connectivity index (χ3n) is 8.07. The van der Waals surface area contributed by atoms with Crippen LogP contribution in [0.1, 0.15) is 16.1 Å². The van der Waals surface area contributed by atoms with Crippen LogP contribution in [0.25, 0.3) is 27.7 Å². The van der Waals surface area contributed by atoms with Gasteiger partial charge >= 0.3 is 0 Å². The molecule has 1 saturated heterocycles. The molecule has 9 heteroatoms. The van der Waals surface area contributed by atoms with Crippen molar-refractivity contribution in [3.8, 4) is 28.4 Å². The summed E-state index contributed by atoms with van der Waals surface area (Å²) in [4.78, 5) is 16.0. The molecule has 1 aliphatic rings. The highest BCUT2D eigenvalue weighted by Gasteiger charge is 2.32. The molecule has 220 valence electrons. The maximum absolute atomic E-state index is 14.0. The summed E-state index contributed by atoms with van der Waals surface area (Å²) in [5.41, 5.74) is 4.01. The molecule has 2 heterocycles. The number of sulfonamides is 1. The number of benzene rings is 4. The van der Waals surface area contributed by atoms with Crippen LogP contribution in [-0.2, 0) is 10.0 Å². The number of aromatic nitrogens is 1. The number of hydrogen-bond donors (Lipinski definition) is 0. The van der Waals surface area contributed by atoms with Crippen LogP contribution in [0.5, 0.6) is 11.5 Å². The van der Waals surface area contributed by atoms with Gasteiger partial charge in [0.05, 0.1) is 30.4 Å². The number of carbonyl (C=O) groups is 1. The van der Waals surface area contributed by atoms with Gasteiger partial charge in [0.15, 0.2) is 0 Å². The van der Waals surface area contributed by atoms with Gasteiger partial charge in [0.25, 0.3) is 5.91 Å². The second-order valence-corrected chi connectivity index (χ2v) is 12.4. The van der Waals surface area contributed by atoms with E-state index >= 15 is 0 Å². The lowest BCUT2D eigenvalue weighted by atomic mass is 10.1. The zero-order valence-electron chi connectivity index (χ0n) is 24.4. The zero-order valence-corrected chi connectivity index (χ0v) is 25.2. The van der Waals surface area contributed by atoms with Crippen LogP contribution in [0.15, 0.2) is 102 Å². The molecule has 1 aliphatic heterocycles. The SMILES string of the molecule is COc1ccc(-c2cc(C(=O)N3CCN(S(=O)(=O)c4cccc5ccccc45)CC3)c(C)n2-c2cccc(OC)c2)cc1. The van der Waals surface area contributed by atoms with Crippen molar-refractivity contribution >= 4 is 26.7 Å². The van der Waals surface area contributed by atoms with Crippen LogP contribution < -0.4 is 9.47 Å². The van der Waals surface area contributed by atoms with Crippen LogP contribution in [0, 0.1) is 6.92 Å². The largest absolute Gasteiger partial charge is 0.497 e. The van der Waals surface area contributed by atoms with Gasteiger partial charge < -0.3 is 18.9 Å². The maximum atomic E-state index is 14.0. The monoisotopic (exact) mass is 595 g/mol. The van der Waals surface area contributed by atoms with Crippen LogP contribution in [0.3, 0.4) is 0 Å². The first-order chi connectivity index (χ1) is 20.8. The minimum Gasteiger partial charge on any atom is -0.497 e. The molecule has 1 aromatic heterocycles. The third kappa shape index (κ3) is 5.26. The Morgan fingerprint density at radius 3 is 2.14 bits per heavy atom. The summed E-state index contributed by atoms with van der Waals surface area (Å²) in [6.45, 7) is 2.96. The lowest BCUT2D eigenvalue weighted by Gasteiger charge is -2.34. The second kappa shape index (κ2) is 11.6. The molecule has 1 amide bonds. The van der Waals surface area contributed by atoms with Crippen LogP contribution >= 0.6 is 0 Å². The molecule has 0 unspecified atom stereocenters. The summed E-state index contributed by atoms with van der Waals surface area (Å²) in [5, 5.41) is 1.57. The molecule has 0 aliphatic carbocycles. The van der Waals surface area contributed by atoms with Gasteiger partial charge in [-0.1, -0.05) is 42.5 Å². The predicted molar refractivity (Wildman–Crippen MR) is 168 cm³/mol. The molecule has 6 rings (SSSR count). The van der Waals surface area contributed by atoms with Crippen molar-refractivity contribution in [1.29, 1.82) is 0 Å². The summed E-state index contributed by atoms with van der Waals surface area (Å²) >= 11 is 0. The van der Waals surface area contributed by atoms with E-state index in [0.717, 1.165) is 33.8 Å². The summed E-state index contributed by atoms with van der Waals surface area (Å²) in [6, 6.07) is 30.2. The molecule has 0 spiro atoms. The molecule has 5 aromatic rings. The van der Waals surface area contributed by atoms with Crippen molar-refractivity contribution in [1.82, 2.24) is 13.8 Å². The van der Waals surface area contributed by atoms with Gasteiger partial charge in [0.1, 0.15) is 11.5 Å². The number of fused-ring (bicyclic) bond motifs is 1. The Bertz CT molecular complexity index is 1900. The van der Waals surface area contributed by atoms with E-state index in [9.17, 15) is 13.2 Å². The fourth-order valence-corrected chi connectivity index (χ4v) is 7.38. The van der Waals surface area contributed by atoms with Gasteiger partial charge in [0.2, 0.25) is 10.0 Å². The van der Waals surface area contributed by atoms with Crippen molar-refractivity contribution in [2.45, 2.75) is 11.8 Å². The van der Waals surface area contributed by atoms with Gasteiger partial charge in [-0.3, -0.25) is 4.79 Å². The maximum Gasteiger partial charge on any atom is 0.255 e. The Labute approximate surface area is 251 Å². The number of amides is 1. The number of nitrogens with zero attached hydrogens (tertiary/aromatic N) is 3. The smallest absolute Gasteiger partial charge is 0.255 e. The van der Waals surface area contributed by atoms with Crippen LogP contribution in [0.2, 0.25) is 0 Å². The van der Waals surface area contributed by atoms with Gasteiger partial charge in [-0.25, -0.2) is 8.42 Å². The lowest BCUT2D eigenvalue weighted by Crippen LogP contribution is -2.50. The topological polar surface area (TPSA) is 81.1 Å². The number of piperazine rings is 1. The Morgan fingerprint density at radius 2 is 1.42 bits per heavy atom. The Kier molecular flexibility index (Phi) is 7.68. The van der Waals surface area contributed by atoms with E-state index in [1.54, 1.807) is 31.3 Å². The molecular weight excluding hydrogens is 562 g/mol. The second-order valence-electron chi connectivity index (χ2n) is 10.5. The molecule has 0 N–H and O–H groups in total. The normalized spacial score (nSPS) is 14.2. The lowest BCUT2D eigenvalue weighted by molar-refractivity contribution is 0.0697. The van der Waals surface area contributed by atoms with Crippen molar-refractivity contribution < 1.29 is 22.7 Å². The highest BCUT2D eigenvalue weighted by Crippen LogP contribution is 2.33. The molecule has 0 bridgehead atoms. The first-order valence-electron chi connectivity index (χ1n) is 14.1. The van der Waals surface area contributed by atoms with Gasteiger partial charge in [-0.2, -0.15) is 4.31 Å². The predicted octanol–water partition coefficient (Wildman–Crippen LogP) is 5.77. The van der Waals surface area contributed by atoms with E-state index in [2.05, 4.69) is 4.57 Å². The average Bonchev–Trinajstić information content (AvgIpc) is 3.40. The fraction of sp³-hybridized carbons (Fsp3) is 0.206. The number of carbonyl (C=O) groups excluding carboxylic acids is 1. The standard InChI is InChI=1S/C34H33N3O5S/c1-24-31(23-32(26-14-16-28(41-2)17-15-26)37(24)27-10-7-11-29(22-27)42-3)34(38)35-18-20-36(21-19-35)43(39,40)33-13-6-9-25-8-4-5-12-30(25)33/h4-17,22-23H,18-21H2,1-3H3. The number of methoxy groups -OCH3 is 2. The molecule has 4 aromatic carbocycles. The molecular formula is C34H33N3O5S. The molecule has 0 saturated carbocycles. The fourth-order valence-electron chi connectivity index (χ4n) is 5.74. The van der Waals surface area contributed by atoms with Crippen molar-refractivity contribution in [3.05, 3.63) is 108 Å². The molecule has 43 heavy (non-hydrogen) atoms. The highest BCUT2D eigenvalue weighted by molar-refractivity contribution is 7.89. The minimum atomic E-state index is -3.73. The van der Waals surface area contributed by atoms with Gasteiger partial charge in [-0.05, 0) is 66.4 Å². The summed E-state index contributed by atoms with van der Waals surface area (Å²) < 4.78 is 41.7. The number of rotatable bonds is 7. The molecule has 1 fully saturated rings. The molecule has 8 nitrogen and oxygen atoms in total. The molecule has 0 atom stereocenters. The average molecular weight is 596 g/mol. The first-order valence-corrected chi connectivity index (χ1v) is 15.5. The van der Waals surface area contributed by atoms with Crippen LogP contribution in [-0.4, -0.2) is 68.5 Å². The minimum absolute atomic E-state index is 0.129. The van der Waals surface area contributed by atoms with E-state index in [1.165, 1.54) is 4.31 Å². The first kappa shape index (κ1) is 28.5. The summed E-state index contributed by atoms with van der Waals surface area (Å²) in [5.74, 6) is 1.33. The summed E-state index contributed by atoms with van der Waals surface area (Å²) in [7, 11) is -0.476. The highest BCUT2D eigenvalue weighted by atomic mass is 32.2. The van der Waals surface area contributed by atoms with Crippen molar-refractivity contribution in [3.63, 3.8) is 0 Å².